The largest absolute Gasteiger partial charge is 0.326 e. The van der Waals surface area contributed by atoms with Gasteiger partial charge in [-0.3, -0.25) is 19.4 Å². The highest BCUT2D eigenvalue weighted by atomic mass is 35.5. The van der Waals surface area contributed by atoms with Crippen LogP contribution in [0.2, 0.25) is 5.02 Å². The van der Waals surface area contributed by atoms with Gasteiger partial charge in [-0.05, 0) is 42.3 Å². The molecule has 158 valence electrons. The summed E-state index contributed by atoms with van der Waals surface area (Å²) in [7, 11) is 0. The lowest BCUT2D eigenvalue weighted by Gasteiger charge is -2.24. The standard InChI is InChI=1S/C22H20ClN5O3/c1-2-12-5-3-4-6-16(12)25-20(30)15-11-17(29)26-19-18(15)21(31)28-22(27-19)24-14-9-7-13(23)8-10-14/h3-10,15H,2,11H2,1H3,(H,25,30)(H3,24,26,27,28,29,31)/t15-/m0/s1. The molecule has 1 aliphatic rings. The molecule has 0 saturated carbocycles. The lowest BCUT2D eigenvalue weighted by atomic mass is 9.92. The molecular weight excluding hydrogens is 418 g/mol. The molecule has 1 aromatic heterocycles. The van der Waals surface area contributed by atoms with Gasteiger partial charge in [-0.25, -0.2) is 0 Å². The van der Waals surface area contributed by atoms with Crippen molar-refractivity contribution < 1.29 is 9.59 Å². The van der Waals surface area contributed by atoms with E-state index in [4.69, 9.17) is 11.6 Å². The second-order valence-corrected chi connectivity index (χ2v) is 7.55. The molecule has 4 rings (SSSR count). The van der Waals surface area contributed by atoms with Crippen molar-refractivity contribution in [1.82, 2.24) is 9.97 Å². The second-order valence-electron chi connectivity index (χ2n) is 7.11. The highest BCUT2D eigenvalue weighted by Crippen LogP contribution is 2.30. The van der Waals surface area contributed by atoms with Gasteiger partial charge in [-0.15, -0.1) is 0 Å². The van der Waals surface area contributed by atoms with Gasteiger partial charge >= 0.3 is 0 Å². The maximum absolute atomic E-state index is 13.0. The van der Waals surface area contributed by atoms with Crippen LogP contribution in [0.25, 0.3) is 0 Å². The van der Waals surface area contributed by atoms with Crippen molar-refractivity contribution in [3.8, 4) is 0 Å². The molecule has 0 aliphatic carbocycles. The van der Waals surface area contributed by atoms with E-state index in [1.165, 1.54) is 0 Å². The third-order valence-electron chi connectivity index (χ3n) is 5.03. The number of hydrogen-bond acceptors (Lipinski definition) is 5. The Balaban J connectivity index is 1.64. The zero-order valence-corrected chi connectivity index (χ0v) is 17.4. The average molecular weight is 438 g/mol. The van der Waals surface area contributed by atoms with E-state index in [0.29, 0.717) is 16.4 Å². The number of carbonyl (C=O) groups excluding carboxylic acids is 2. The minimum Gasteiger partial charge on any atom is -0.326 e. The zero-order chi connectivity index (χ0) is 22.0. The van der Waals surface area contributed by atoms with Crippen LogP contribution in [0.5, 0.6) is 0 Å². The molecule has 0 fully saturated rings. The SMILES string of the molecule is CCc1ccccc1NC(=O)[C@H]1CC(=O)Nc2nc(Nc3ccc(Cl)cc3)[nH]c(=O)c21. The van der Waals surface area contributed by atoms with Crippen LogP contribution >= 0.6 is 11.6 Å². The summed E-state index contributed by atoms with van der Waals surface area (Å²) in [6, 6.07) is 14.3. The molecule has 1 atom stereocenters. The van der Waals surface area contributed by atoms with Gasteiger partial charge in [-0.1, -0.05) is 36.7 Å². The minimum absolute atomic E-state index is 0.0698. The monoisotopic (exact) mass is 437 g/mol. The van der Waals surface area contributed by atoms with E-state index in [-0.39, 0.29) is 29.7 Å². The Bertz CT molecular complexity index is 1210. The predicted molar refractivity (Wildman–Crippen MR) is 120 cm³/mol. The Kier molecular flexibility index (Phi) is 5.73. The highest BCUT2D eigenvalue weighted by molar-refractivity contribution is 6.30. The fourth-order valence-corrected chi connectivity index (χ4v) is 3.62. The van der Waals surface area contributed by atoms with Crippen LogP contribution in [-0.2, 0) is 16.0 Å². The van der Waals surface area contributed by atoms with E-state index in [1.54, 1.807) is 30.3 Å². The van der Waals surface area contributed by atoms with Crippen LogP contribution in [0.4, 0.5) is 23.1 Å². The Morgan fingerprint density at radius 1 is 1.16 bits per heavy atom. The van der Waals surface area contributed by atoms with E-state index in [2.05, 4.69) is 25.9 Å². The van der Waals surface area contributed by atoms with Crippen LogP contribution in [0.15, 0.2) is 53.3 Å². The van der Waals surface area contributed by atoms with Gasteiger partial charge in [0.25, 0.3) is 5.56 Å². The first-order valence-corrected chi connectivity index (χ1v) is 10.2. The minimum atomic E-state index is -0.950. The van der Waals surface area contributed by atoms with Crippen LogP contribution in [0, 0.1) is 0 Å². The number of anilines is 4. The summed E-state index contributed by atoms with van der Waals surface area (Å²) in [4.78, 5) is 45.0. The average Bonchev–Trinajstić information content (AvgIpc) is 2.75. The Morgan fingerprint density at radius 3 is 2.65 bits per heavy atom. The number of rotatable bonds is 5. The number of para-hydroxylation sites is 1. The van der Waals surface area contributed by atoms with Gasteiger partial charge < -0.3 is 16.0 Å². The smallest absolute Gasteiger partial charge is 0.258 e. The van der Waals surface area contributed by atoms with Crippen molar-refractivity contribution in [2.24, 2.45) is 0 Å². The fourth-order valence-electron chi connectivity index (χ4n) is 3.49. The summed E-state index contributed by atoms with van der Waals surface area (Å²) in [5, 5.41) is 8.98. The Hall–Kier alpha value is -3.65. The van der Waals surface area contributed by atoms with Gasteiger partial charge in [-0.2, -0.15) is 4.98 Å². The van der Waals surface area contributed by atoms with Crippen molar-refractivity contribution >= 4 is 46.6 Å². The lowest BCUT2D eigenvalue weighted by Crippen LogP contribution is -2.36. The number of fused-ring (bicyclic) bond motifs is 1. The number of nitrogens with zero attached hydrogens (tertiary/aromatic N) is 1. The molecule has 0 radical (unpaired) electrons. The van der Waals surface area contributed by atoms with E-state index in [1.807, 2.05) is 25.1 Å². The molecule has 9 heteroatoms. The topological polar surface area (TPSA) is 116 Å². The van der Waals surface area contributed by atoms with Crippen molar-refractivity contribution in [2.45, 2.75) is 25.7 Å². The molecule has 0 bridgehead atoms. The summed E-state index contributed by atoms with van der Waals surface area (Å²) in [5.74, 6) is -1.55. The number of aromatic amines is 1. The van der Waals surface area contributed by atoms with Gasteiger partial charge in [0.05, 0.1) is 11.5 Å². The number of halogens is 1. The number of aromatic nitrogens is 2. The molecule has 0 spiro atoms. The molecule has 1 aliphatic heterocycles. The number of aryl methyl sites for hydroxylation is 1. The van der Waals surface area contributed by atoms with Gasteiger partial charge in [0.1, 0.15) is 5.82 Å². The summed E-state index contributed by atoms with van der Waals surface area (Å²) < 4.78 is 0. The van der Waals surface area contributed by atoms with Crippen molar-refractivity contribution in [3.63, 3.8) is 0 Å². The van der Waals surface area contributed by atoms with Crippen LogP contribution < -0.4 is 21.5 Å². The van der Waals surface area contributed by atoms with E-state index >= 15 is 0 Å². The van der Waals surface area contributed by atoms with Gasteiger partial charge in [0.15, 0.2) is 0 Å². The predicted octanol–water partition coefficient (Wildman–Crippen LogP) is 3.79. The number of nitrogens with one attached hydrogen (secondary N) is 4. The number of carbonyl (C=O) groups is 2. The van der Waals surface area contributed by atoms with Crippen molar-refractivity contribution in [1.29, 1.82) is 0 Å². The lowest BCUT2D eigenvalue weighted by molar-refractivity contribution is -0.123. The first kappa shape index (κ1) is 20.6. The van der Waals surface area contributed by atoms with Crippen LogP contribution in [0.3, 0.4) is 0 Å². The molecule has 2 amide bonds. The molecule has 8 nitrogen and oxygen atoms in total. The highest BCUT2D eigenvalue weighted by Gasteiger charge is 2.35. The van der Waals surface area contributed by atoms with Crippen LogP contribution in [-0.4, -0.2) is 21.8 Å². The first-order valence-electron chi connectivity index (χ1n) is 9.80. The molecule has 4 N–H and O–H groups in total. The fraction of sp³-hybridized carbons (Fsp3) is 0.182. The summed E-state index contributed by atoms with van der Waals surface area (Å²) in [5.41, 5.74) is 1.91. The number of benzene rings is 2. The maximum atomic E-state index is 13.0. The van der Waals surface area contributed by atoms with E-state index in [0.717, 1.165) is 12.0 Å². The first-order chi connectivity index (χ1) is 14.9. The summed E-state index contributed by atoms with van der Waals surface area (Å²) in [6.07, 6.45) is 0.599. The molecule has 0 unspecified atom stereocenters. The molecule has 2 aromatic carbocycles. The van der Waals surface area contributed by atoms with E-state index in [9.17, 15) is 14.4 Å². The third kappa shape index (κ3) is 4.44. The summed E-state index contributed by atoms with van der Waals surface area (Å²) >= 11 is 5.89. The summed E-state index contributed by atoms with van der Waals surface area (Å²) in [6.45, 7) is 1.98. The van der Waals surface area contributed by atoms with Crippen LogP contribution in [0.1, 0.15) is 30.4 Å². The normalized spacial score (nSPS) is 15.0. The Morgan fingerprint density at radius 2 is 1.90 bits per heavy atom. The molecule has 31 heavy (non-hydrogen) atoms. The van der Waals surface area contributed by atoms with Gasteiger partial charge in [0.2, 0.25) is 17.8 Å². The quantitative estimate of drug-likeness (QED) is 0.484. The molecular formula is C22H20ClN5O3. The Labute approximate surface area is 183 Å². The molecule has 0 saturated heterocycles. The van der Waals surface area contributed by atoms with Crippen molar-refractivity contribution in [3.05, 3.63) is 75.0 Å². The number of amides is 2. The zero-order valence-electron chi connectivity index (χ0n) is 16.7. The number of H-pyrrole nitrogens is 1. The van der Waals surface area contributed by atoms with Crippen molar-refractivity contribution in [2.75, 3.05) is 16.0 Å². The van der Waals surface area contributed by atoms with Gasteiger partial charge in [0, 0.05) is 22.8 Å². The second kappa shape index (κ2) is 8.61. The number of hydrogen-bond donors (Lipinski definition) is 4. The van der Waals surface area contributed by atoms with E-state index < -0.39 is 17.4 Å². The molecule has 3 aromatic rings. The molecule has 2 heterocycles. The maximum Gasteiger partial charge on any atom is 0.258 e. The third-order valence-corrected chi connectivity index (χ3v) is 5.28.